The van der Waals surface area contributed by atoms with Crippen molar-refractivity contribution in [1.29, 1.82) is 0 Å². The van der Waals surface area contributed by atoms with Crippen LogP contribution in [-0.2, 0) is 6.54 Å². The van der Waals surface area contributed by atoms with Crippen LogP contribution in [0.2, 0.25) is 0 Å². The normalized spacial score (nSPS) is 13.3. The summed E-state index contributed by atoms with van der Waals surface area (Å²) in [7, 11) is 1.65. The number of rotatable bonds is 7. The summed E-state index contributed by atoms with van der Waals surface area (Å²) in [5.74, 6) is 1.10. The highest BCUT2D eigenvalue weighted by atomic mass is 16.5. The van der Waals surface area contributed by atoms with Gasteiger partial charge in [0.25, 0.3) is 0 Å². The molecule has 100 valence electrons. The maximum absolute atomic E-state index is 8.54. The van der Waals surface area contributed by atoms with Crippen LogP contribution in [0.1, 0.15) is 25.3 Å². The number of oxime groups is 1. The van der Waals surface area contributed by atoms with Gasteiger partial charge in [0.15, 0.2) is 0 Å². The van der Waals surface area contributed by atoms with Gasteiger partial charge in [0.2, 0.25) is 0 Å². The molecular formula is C13H21N3O2. The van der Waals surface area contributed by atoms with E-state index in [4.69, 9.17) is 15.7 Å². The van der Waals surface area contributed by atoms with E-state index in [1.165, 1.54) is 5.56 Å². The predicted molar refractivity (Wildman–Crippen MR) is 71.9 cm³/mol. The standard InChI is InChI=1S/C13H21N3O2/c1-3-11(8-13(14)16-17)15-9-10-4-6-12(18-2)7-5-10/h4-7,11,15,17H,3,8-9H2,1-2H3,(H2,14,16). The summed E-state index contributed by atoms with van der Waals surface area (Å²) in [6, 6.07) is 8.11. The fraction of sp³-hybridized carbons (Fsp3) is 0.462. The van der Waals surface area contributed by atoms with E-state index in [0.717, 1.165) is 18.7 Å². The number of methoxy groups -OCH3 is 1. The van der Waals surface area contributed by atoms with Crippen LogP contribution in [0.5, 0.6) is 5.75 Å². The summed E-state index contributed by atoms with van der Waals surface area (Å²) in [6.07, 6.45) is 1.47. The number of nitrogens with zero attached hydrogens (tertiary/aromatic N) is 1. The molecule has 18 heavy (non-hydrogen) atoms. The molecule has 0 aromatic heterocycles. The van der Waals surface area contributed by atoms with E-state index in [9.17, 15) is 0 Å². The van der Waals surface area contributed by atoms with Gasteiger partial charge in [-0.1, -0.05) is 24.2 Å². The topological polar surface area (TPSA) is 79.9 Å². The first-order valence-corrected chi connectivity index (χ1v) is 6.02. The maximum atomic E-state index is 8.54. The van der Waals surface area contributed by atoms with Crippen molar-refractivity contribution in [3.05, 3.63) is 29.8 Å². The smallest absolute Gasteiger partial charge is 0.140 e. The Bertz CT molecular complexity index is 376. The molecule has 5 nitrogen and oxygen atoms in total. The second-order valence-electron chi connectivity index (χ2n) is 4.13. The number of hydrogen-bond acceptors (Lipinski definition) is 4. The van der Waals surface area contributed by atoms with Crippen molar-refractivity contribution < 1.29 is 9.94 Å². The largest absolute Gasteiger partial charge is 0.497 e. The van der Waals surface area contributed by atoms with Crippen molar-refractivity contribution in [3.63, 3.8) is 0 Å². The van der Waals surface area contributed by atoms with Crippen LogP contribution in [-0.4, -0.2) is 24.2 Å². The minimum absolute atomic E-state index is 0.211. The SMILES string of the molecule is CCC(CC(N)=NO)NCc1ccc(OC)cc1. The molecule has 0 saturated carbocycles. The van der Waals surface area contributed by atoms with E-state index in [-0.39, 0.29) is 11.9 Å². The van der Waals surface area contributed by atoms with Crippen molar-refractivity contribution >= 4 is 5.84 Å². The molecular weight excluding hydrogens is 230 g/mol. The molecule has 0 aliphatic carbocycles. The second kappa shape index (κ2) is 7.55. The molecule has 1 aromatic rings. The van der Waals surface area contributed by atoms with E-state index >= 15 is 0 Å². The molecule has 0 aliphatic heterocycles. The third kappa shape index (κ3) is 4.63. The highest BCUT2D eigenvalue weighted by molar-refractivity contribution is 5.80. The van der Waals surface area contributed by atoms with Gasteiger partial charge in [-0.3, -0.25) is 0 Å². The zero-order valence-electron chi connectivity index (χ0n) is 10.9. The van der Waals surface area contributed by atoms with Gasteiger partial charge < -0.3 is 21.0 Å². The quantitative estimate of drug-likeness (QED) is 0.298. The average molecular weight is 251 g/mol. The van der Waals surface area contributed by atoms with Gasteiger partial charge in [0, 0.05) is 19.0 Å². The summed E-state index contributed by atoms with van der Waals surface area (Å²) in [4.78, 5) is 0. The molecule has 0 spiro atoms. The average Bonchev–Trinajstić information content (AvgIpc) is 2.43. The summed E-state index contributed by atoms with van der Waals surface area (Å²) < 4.78 is 5.10. The van der Waals surface area contributed by atoms with Crippen molar-refractivity contribution in [2.24, 2.45) is 10.9 Å². The Morgan fingerprint density at radius 2 is 2.11 bits per heavy atom. The monoisotopic (exact) mass is 251 g/mol. The van der Waals surface area contributed by atoms with Crippen LogP contribution in [0.4, 0.5) is 0 Å². The van der Waals surface area contributed by atoms with Crippen molar-refractivity contribution in [2.45, 2.75) is 32.4 Å². The fourth-order valence-electron chi connectivity index (χ4n) is 1.66. The number of hydrogen-bond donors (Lipinski definition) is 3. The van der Waals surface area contributed by atoms with Gasteiger partial charge in [-0.15, -0.1) is 0 Å². The van der Waals surface area contributed by atoms with E-state index in [1.54, 1.807) is 7.11 Å². The zero-order valence-corrected chi connectivity index (χ0v) is 10.9. The molecule has 1 aromatic carbocycles. The first kappa shape index (κ1) is 14.3. The van der Waals surface area contributed by atoms with Crippen LogP contribution < -0.4 is 15.8 Å². The lowest BCUT2D eigenvalue weighted by molar-refractivity contribution is 0.315. The Kier molecular flexibility index (Phi) is 6.00. The van der Waals surface area contributed by atoms with E-state index < -0.39 is 0 Å². The fourth-order valence-corrected chi connectivity index (χ4v) is 1.66. The van der Waals surface area contributed by atoms with Gasteiger partial charge in [0.1, 0.15) is 11.6 Å². The molecule has 0 amide bonds. The minimum atomic E-state index is 0.211. The number of nitrogens with one attached hydrogen (secondary N) is 1. The van der Waals surface area contributed by atoms with Crippen molar-refractivity contribution in [3.8, 4) is 5.75 Å². The lowest BCUT2D eigenvalue weighted by atomic mass is 10.1. The highest BCUT2D eigenvalue weighted by Gasteiger charge is 2.08. The molecule has 5 heteroatoms. The Balaban J connectivity index is 2.46. The van der Waals surface area contributed by atoms with Gasteiger partial charge in [-0.2, -0.15) is 0 Å². The molecule has 1 atom stereocenters. The first-order chi connectivity index (χ1) is 8.69. The summed E-state index contributed by atoms with van der Waals surface area (Å²) in [5.41, 5.74) is 6.67. The maximum Gasteiger partial charge on any atom is 0.140 e. The van der Waals surface area contributed by atoms with Crippen LogP contribution in [0.15, 0.2) is 29.4 Å². The molecule has 0 heterocycles. The van der Waals surface area contributed by atoms with Gasteiger partial charge in [-0.05, 0) is 24.1 Å². The zero-order chi connectivity index (χ0) is 13.4. The van der Waals surface area contributed by atoms with Crippen LogP contribution in [0.25, 0.3) is 0 Å². The van der Waals surface area contributed by atoms with Gasteiger partial charge in [-0.25, -0.2) is 0 Å². The Morgan fingerprint density at radius 1 is 1.44 bits per heavy atom. The lowest BCUT2D eigenvalue weighted by Crippen LogP contribution is -2.32. The summed E-state index contributed by atoms with van der Waals surface area (Å²) >= 11 is 0. The Morgan fingerprint density at radius 3 is 2.61 bits per heavy atom. The van der Waals surface area contributed by atoms with Crippen LogP contribution >= 0.6 is 0 Å². The van der Waals surface area contributed by atoms with Crippen molar-refractivity contribution in [1.82, 2.24) is 5.32 Å². The number of ether oxygens (including phenoxy) is 1. The molecule has 1 unspecified atom stereocenters. The molecule has 0 fully saturated rings. The van der Waals surface area contributed by atoms with Crippen LogP contribution in [0.3, 0.4) is 0 Å². The predicted octanol–water partition coefficient (Wildman–Crippen LogP) is 1.70. The lowest BCUT2D eigenvalue weighted by Gasteiger charge is -2.16. The van der Waals surface area contributed by atoms with Gasteiger partial charge in [0.05, 0.1) is 7.11 Å². The molecule has 4 N–H and O–H groups in total. The van der Waals surface area contributed by atoms with Gasteiger partial charge >= 0.3 is 0 Å². The molecule has 0 aliphatic rings. The van der Waals surface area contributed by atoms with E-state index in [1.807, 2.05) is 24.3 Å². The Labute approximate surface area is 108 Å². The first-order valence-electron chi connectivity index (χ1n) is 6.02. The third-order valence-electron chi connectivity index (χ3n) is 2.83. The van der Waals surface area contributed by atoms with E-state index in [2.05, 4.69) is 17.4 Å². The highest BCUT2D eigenvalue weighted by Crippen LogP contribution is 2.11. The van der Waals surface area contributed by atoms with E-state index in [0.29, 0.717) is 6.42 Å². The molecule has 0 saturated heterocycles. The summed E-state index contributed by atoms with van der Waals surface area (Å²) in [6.45, 7) is 2.82. The number of benzene rings is 1. The third-order valence-corrected chi connectivity index (χ3v) is 2.83. The number of nitrogens with two attached hydrogens (primary N) is 1. The summed E-state index contributed by atoms with van der Waals surface area (Å²) in [5, 5.41) is 14.9. The van der Waals surface area contributed by atoms with Crippen molar-refractivity contribution in [2.75, 3.05) is 7.11 Å². The minimum Gasteiger partial charge on any atom is -0.497 e. The number of amidine groups is 1. The molecule has 1 rings (SSSR count). The molecule has 0 radical (unpaired) electrons. The second-order valence-corrected chi connectivity index (χ2v) is 4.13. The Hall–Kier alpha value is -1.75. The van der Waals surface area contributed by atoms with Crippen LogP contribution in [0, 0.1) is 0 Å². The molecule has 0 bridgehead atoms.